The minimum absolute atomic E-state index is 0.0145. The predicted octanol–water partition coefficient (Wildman–Crippen LogP) is 5.40. The van der Waals surface area contributed by atoms with Crippen molar-refractivity contribution in [1.29, 1.82) is 0 Å². The summed E-state index contributed by atoms with van der Waals surface area (Å²) in [6.45, 7) is 2.31. The normalized spacial score (nSPS) is 14.8. The van der Waals surface area contributed by atoms with Gasteiger partial charge in [0.2, 0.25) is 0 Å². The number of nitrogens with one attached hydrogen (secondary N) is 1. The Labute approximate surface area is 215 Å². The second-order valence-corrected chi connectivity index (χ2v) is 8.72. The molecule has 1 aliphatic heterocycles. The molecule has 1 fully saturated rings. The molecule has 3 aromatic rings. The molecule has 0 bridgehead atoms. The van der Waals surface area contributed by atoms with Crippen molar-refractivity contribution in [3.8, 4) is 11.5 Å². The van der Waals surface area contributed by atoms with Crippen molar-refractivity contribution in [2.75, 3.05) is 11.5 Å². The molecule has 35 heavy (non-hydrogen) atoms. The Balaban J connectivity index is 1.66. The number of halogens is 2. The van der Waals surface area contributed by atoms with E-state index in [1.165, 1.54) is 23.1 Å². The van der Waals surface area contributed by atoms with Gasteiger partial charge in [-0.15, -0.1) is 0 Å². The molecule has 0 spiro atoms. The van der Waals surface area contributed by atoms with Crippen LogP contribution in [-0.4, -0.2) is 23.5 Å². The van der Waals surface area contributed by atoms with Gasteiger partial charge in [0.15, 0.2) is 16.6 Å². The number of ether oxygens (including phenoxy) is 2. The third-order valence-corrected chi connectivity index (χ3v) is 5.90. The van der Waals surface area contributed by atoms with Gasteiger partial charge < -0.3 is 9.47 Å². The number of amides is 2. The SMILES string of the molecule is CCOc1cc(/C=C2/C(=O)NC(=S)N(c3ccccc3)C2=O)cc(Br)c1OCc1cccc(F)c1. The number of benzene rings is 3. The minimum Gasteiger partial charge on any atom is -0.490 e. The highest BCUT2D eigenvalue weighted by Crippen LogP contribution is 2.38. The van der Waals surface area contributed by atoms with E-state index in [1.807, 2.05) is 13.0 Å². The van der Waals surface area contributed by atoms with Crippen LogP contribution in [0.5, 0.6) is 11.5 Å². The predicted molar refractivity (Wildman–Crippen MR) is 139 cm³/mol. The summed E-state index contributed by atoms with van der Waals surface area (Å²) in [5.74, 6) is -0.649. The first-order valence-corrected chi connectivity index (χ1v) is 11.9. The Morgan fingerprint density at radius 2 is 1.83 bits per heavy atom. The smallest absolute Gasteiger partial charge is 0.270 e. The second-order valence-electron chi connectivity index (χ2n) is 7.47. The lowest BCUT2D eigenvalue weighted by atomic mass is 10.1. The fourth-order valence-electron chi connectivity index (χ4n) is 3.49. The molecule has 1 heterocycles. The van der Waals surface area contributed by atoms with Crippen molar-refractivity contribution in [3.63, 3.8) is 0 Å². The first kappa shape index (κ1) is 24.6. The van der Waals surface area contributed by atoms with Gasteiger partial charge in [-0.2, -0.15) is 0 Å². The number of nitrogens with zero attached hydrogens (tertiary/aromatic N) is 1. The molecule has 4 rings (SSSR count). The van der Waals surface area contributed by atoms with Crippen LogP contribution in [0.2, 0.25) is 0 Å². The fourth-order valence-corrected chi connectivity index (χ4v) is 4.35. The molecular formula is C26H20BrFN2O4S. The molecule has 1 saturated heterocycles. The van der Waals surface area contributed by atoms with E-state index >= 15 is 0 Å². The summed E-state index contributed by atoms with van der Waals surface area (Å²) in [6, 6.07) is 18.3. The highest BCUT2D eigenvalue weighted by atomic mass is 79.9. The quantitative estimate of drug-likeness (QED) is 0.241. The molecule has 9 heteroatoms. The van der Waals surface area contributed by atoms with Gasteiger partial charge in [-0.25, -0.2) is 4.39 Å². The van der Waals surface area contributed by atoms with Crippen LogP contribution in [0.3, 0.4) is 0 Å². The number of thiocarbonyl (C=S) groups is 1. The van der Waals surface area contributed by atoms with E-state index in [0.29, 0.717) is 39.4 Å². The van der Waals surface area contributed by atoms with Crippen LogP contribution in [0.1, 0.15) is 18.1 Å². The maximum Gasteiger partial charge on any atom is 0.270 e. The third-order valence-electron chi connectivity index (χ3n) is 5.03. The summed E-state index contributed by atoms with van der Waals surface area (Å²) in [4.78, 5) is 27.1. The zero-order chi connectivity index (χ0) is 24.9. The molecule has 178 valence electrons. The van der Waals surface area contributed by atoms with Gasteiger partial charge in [-0.3, -0.25) is 19.8 Å². The van der Waals surface area contributed by atoms with E-state index in [-0.39, 0.29) is 23.1 Å². The molecule has 1 aliphatic rings. The first-order chi connectivity index (χ1) is 16.9. The second kappa shape index (κ2) is 10.8. The van der Waals surface area contributed by atoms with Gasteiger partial charge in [-0.05, 0) is 88.7 Å². The van der Waals surface area contributed by atoms with E-state index in [2.05, 4.69) is 21.2 Å². The van der Waals surface area contributed by atoms with Crippen LogP contribution in [-0.2, 0) is 16.2 Å². The van der Waals surface area contributed by atoms with Crippen molar-refractivity contribution >= 4 is 56.8 Å². The van der Waals surface area contributed by atoms with E-state index in [4.69, 9.17) is 21.7 Å². The van der Waals surface area contributed by atoms with Crippen molar-refractivity contribution in [2.45, 2.75) is 13.5 Å². The van der Waals surface area contributed by atoms with Crippen LogP contribution in [0.25, 0.3) is 6.08 Å². The molecule has 3 aromatic carbocycles. The number of anilines is 1. The minimum atomic E-state index is -0.590. The lowest BCUT2D eigenvalue weighted by Gasteiger charge is -2.28. The topological polar surface area (TPSA) is 67.9 Å². The van der Waals surface area contributed by atoms with Crippen LogP contribution in [0, 0.1) is 5.82 Å². The van der Waals surface area contributed by atoms with E-state index in [9.17, 15) is 14.0 Å². The Bertz CT molecular complexity index is 1330. The van der Waals surface area contributed by atoms with Crippen LogP contribution in [0.4, 0.5) is 10.1 Å². The summed E-state index contributed by atoms with van der Waals surface area (Å²) >= 11 is 8.71. The summed E-state index contributed by atoms with van der Waals surface area (Å²) in [5, 5.41) is 2.58. The van der Waals surface area contributed by atoms with Gasteiger partial charge in [0, 0.05) is 0 Å². The zero-order valence-electron chi connectivity index (χ0n) is 18.6. The molecule has 0 atom stereocenters. The van der Waals surface area contributed by atoms with Gasteiger partial charge >= 0.3 is 0 Å². The Kier molecular flexibility index (Phi) is 7.57. The fraction of sp³-hybridized carbons (Fsp3) is 0.115. The maximum atomic E-state index is 13.5. The van der Waals surface area contributed by atoms with Gasteiger partial charge in [0.25, 0.3) is 11.8 Å². The molecule has 0 aromatic heterocycles. The Morgan fingerprint density at radius 3 is 2.54 bits per heavy atom. The molecule has 2 amide bonds. The van der Waals surface area contributed by atoms with Crippen molar-refractivity contribution in [2.24, 2.45) is 0 Å². The lowest BCUT2D eigenvalue weighted by molar-refractivity contribution is -0.122. The average molecular weight is 555 g/mol. The monoisotopic (exact) mass is 554 g/mol. The van der Waals surface area contributed by atoms with Gasteiger partial charge in [0.05, 0.1) is 16.8 Å². The number of hydrogen-bond donors (Lipinski definition) is 1. The van der Waals surface area contributed by atoms with E-state index in [0.717, 1.165) is 0 Å². The number of para-hydroxylation sites is 1. The maximum absolute atomic E-state index is 13.5. The lowest BCUT2D eigenvalue weighted by Crippen LogP contribution is -2.54. The van der Waals surface area contributed by atoms with E-state index < -0.39 is 11.8 Å². The number of hydrogen-bond acceptors (Lipinski definition) is 5. The molecule has 6 nitrogen and oxygen atoms in total. The summed E-state index contributed by atoms with van der Waals surface area (Å²) in [7, 11) is 0. The summed E-state index contributed by atoms with van der Waals surface area (Å²) < 4.78 is 25.7. The summed E-state index contributed by atoms with van der Waals surface area (Å²) in [5.41, 5.74) is 1.67. The van der Waals surface area contributed by atoms with Crippen molar-refractivity contribution < 1.29 is 23.5 Å². The van der Waals surface area contributed by atoms with Crippen LogP contribution in [0.15, 0.2) is 76.8 Å². The highest BCUT2D eigenvalue weighted by Gasteiger charge is 2.34. The third kappa shape index (κ3) is 5.58. The van der Waals surface area contributed by atoms with Crippen molar-refractivity contribution in [1.82, 2.24) is 5.32 Å². The number of carbonyl (C=O) groups is 2. The summed E-state index contributed by atoms with van der Waals surface area (Å²) in [6.07, 6.45) is 1.47. The van der Waals surface area contributed by atoms with Gasteiger partial charge in [-0.1, -0.05) is 30.3 Å². The zero-order valence-corrected chi connectivity index (χ0v) is 21.0. The average Bonchev–Trinajstić information content (AvgIpc) is 2.82. The highest BCUT2D eigenvalue weighted by molar-refractivity contribution is 9.10. The van der Waals surface area contributed by atoms with Crippen LogP contribution < -0.4 is 19.7 Å². The molecule has 0 radical (unpaired) electrons. The number of carbonyl (C=O) groups excluding carboxylic acids is 2. The molecule has 1 N–H and O–H groups in total. The molecule has 0 unspecified atom stereocenters. The van der Waals surface area contributed by atoms with Crippen molar-refractivity contribution in [3.05, 3.63) is 93.7 Å². The molecule has 0 aliphatic carbocycles. The standard InChI is InChI=1S/C26H20BrFN2O4S/c1-2-33-22-14-17(13-21(27)23(22)34-15-16-7-6-8-18(28)11-16)12-20-24(31)29-26(35)30(25(20)32)19-9-4-3-5-10-19/h3-14H,2,15H2,1H3,(H,29,31,35)/b20-12-. The Hall–Kier alpha value is -3.56. The largest absolute Gasteiger partial charge is 0.490 e. The van der Waals surface area contributed by atoms with E-state index in [1.54, 1.807) is 48.5 Å². The first-order valence-electron chi connectivity index (χ1n) is 10.7. The Morgan fingerprint density at radius 1 is 1.06 bits per heavy atom. The number of rotatable bonds is 7. The molecule has 0 saturated carbocycles. The van der Waals surface area contributed by atoms with Gasteiger partial charge in [0.1, 0.15) is 18.0 Å². The van der Waals surface area contributed by atoms with Crippen LogP contribution >= 0.6 is 28.1 Å². The molecular weight excluding hydrogens is 535 g/mol.